The summed E-state index contributed by atoms with van der Waals surface area (Å²) in [6.07, 6.45) is 1.49. The second kappa shape index (κ2) is 8.33. The summed E-state index contributed by atoms with van der Waals surface area (Å²) in [5, 5.41) is 17.9. The Kier molecular flexibility index (Phi) is 5.27. The van der Waals surface area contributed by atoms with Gasteiger partial charge in [0.2, 0.25) is 0 Å². The summed E-state index contributed by atoms with van der Waals surface area (Å²) in [4.78, 5) is 12.1. The highest BCUT2D eigenvalue weighted by molar-refractivity contribution is 5.79. The Morgan fingerprint density at radius 3 is 2.52 bits per heavy atom. The molecule has 1 aliphatic carbocycles. The lowest BCUT2D eigenvalue weighted by Crippen LogP contribution is -2.26. The van der Waals surface area contributed by atoms with Crippen LogP contribution in [0.15, 0.2) is 54.7 Å². The summed E-state index contributed by atoms with van der Waals surface area (Å²) >= 11 is 0. The van der Waals surface area contributed by atoms with Crippen LogP contribution in [0.2, 0.25) is 0 Å². The first kappa shape index (κ1) is 18.3. The van der Waals surface area contributed by atoms with E-state index in [-0.39, 0.29) is 12.5 Å². The molecule has 0 spiro atoms. The van der Waals surface area contributed by atoms with Crippen molar-refractivity contribution in [3.8, 4) is 29.0 Å². The standard InChI is InChI=1S/C23H18N4O2/c24-13-22-16(14-26-27-22)7-5-6-12-25-23(28)29-15-21-19-10-3-1-8-17(19)18-9-2-4-11-20(18)21/h1-4,8-11,14,21H,6,12,15H2,(H,25,28)(H,26,27). The van der Waals surface area contributed by atoms with Crippen LogP contribution in [0.4, 0.5) is 4.79 Å². The number of carbonyl (C=O) groups excluding carboxylic acids is 1. The molecule has 0 fully saturated rings. The third-order valence-corrected chi connectivity index (χ3v) is 4.84. The van der Waals surface area contributed by atoms with E-state index in [1.165, 1.54) is 28.5 Å². The average Bonchev–Trinajstić information content (AvgIpc) is 3.34. The number of ether oxygens (including phenoxy) is 1. The zero-order chi connectivity index (χ0) is 20.1. The van der Waals surface area contributed by atoms with Crippen molar-refractivity contribution in [1.82, 2.24) is 15.5 Å². The first-order chi connectivity index (χ1) is 14.3. The Morgan fingerprint density at radius 2 is 1.83 bits per heavy atom. The molecule has 0 aliphatic heterocycles. The molecule has 1 amide bonds. The second-order valence-corrected chi connectivity index (χ2v) is 6.57. The lowest BCUT2D eigenvalue weighted by molar-refractivity contribution is 0.143. The zero-order valence-electron chi connectivity index (χ0n) is 15.6. The molecule has 4 rings (SSSR count). The molecule has 2 aromatic carbocycles. The van der Waals surface area contributed by atoms with Crippen molar-refractivity contribution < 1.29 is 9.53 Å². The largest absolute Gasteiger partial charge is 0.449 e. The van der Waals surface area contributed by atoms with E-state index in [1.54, 1.807) is 0 Å². The van der Waals surface area contributed by atoms with Gasteiger partial charge in [0.25, 0.3) is 0 Å². The molecule has 29 heavy (non-hydrogen) atoms. The topological polar surface area (TPSA) is 90.8 Å². The molecular weight excluding hydrogens is 364 g/mol. The number of hydrogen-bond donors (Lipinski definition) is 2. The van der Waals surface area contributed by atoms with Gasteiger partial charge in [0.1, 0.15) is 12.7 Å². The number of hydrogen-bond acceptors (Lipinski definition) is 4. The maximum atomic E-state index is 12.1. The molecule has 6 nitrogen and oxygen atoms in total. The number of nitriles is 1. The van der Waals surface area contributed by atoms with Crippen LogP contribution in [-0.4, -0.2) is 29.4 Å². The Bertz CT molecular complexity index is 1100. The van der Waals surface area contributed by atoms with Crippen LogP contribution >= 0.6 is 0 Å². The van der Waals surface area contributed by atoms with E-state index in [2.05, 4.69) is 51.6 Å². The molecule has 3 aromatic rings. The molecule has 0 atom stereocenters. The van der Waals surface area contributed by atoms with Crippen molar-refractivity contribution in [1.29, 1.82) is 5.26 Å². The third-order valence-electron chi connectivity index (χ3n) is 4.84. The number of aromatic amines is 1. The lowest BCUT2D eigenvalue weighted by Gasteiger charge is -2.14. The first-order valence-electron chi connectivity index (χ1n) is 9.29. The maximum Gasteiger partial charge on any atom is 0.407 e. The van der Waals surface area contributed by atoms with Crippen LogP contribution in [0.25, 0.3) is 11.1 Å². The third kappa shape index (κ3) is 3.83. The van der Waals surface area contributed by atoms with Gasteiger partial charge >= 0.3 is 6.09 Å². The molecule has 1 heterocycles. The SMILES string of the molecule is N#Cc1[nH]ncc1C#CCCNC(=O)OCC1c2ccccc2-c2ccccc21. The fourth-order valence-electron chi connectivity index (χ4n) is 3.50. The van der Waals surface area contributed by atoms with Crippen LogP contribution in [0.1, 0.15) is 34.7 Å². The van der Waals surface area contributed by atoms with Gasteiger partial charge in [0, 0.05) is 18.9 Å². The molecule has 1 aromatic heterocycles. The number of nitrogens with one attached hydrogen (secondary N) is 2. The molecule has 0 saturated carbocycles. The Labute approximate surface area is 168 Å². The Morgan fingerprint density at radius 1 is 1.14 bits per heavy atom. The molecular formula is C23H18N4O2. The number of carbonyl (C=O) groups is 1. The minimum Gasteiger partial charge on any atom is -0.449 e. The quantitative estimate of drug-likeness (QED) is 0.533. The Balaban J connectivity index is 1.30. The minimum absolute atomic E-state index is 0.0402. The molecule has 0 unspecified atom stereocenters. The van der Waals surface area contributed by atoms with Crippen LogP contribution in [0.5, 0.6) is 0 Å². The predicted octanol–water partition coefficient (Wildman–Crippen LogP) is 3.56. The highest BCUT2D eigenvalue weighted by atomic mass is 16.5. The van der Waals surface area contributed by atoms with E-state index in [0.717, 1.165) is 0 Å². The van der Waals surface area contributed by atoms with Gasteiger partial charge in [0.15, 0.2) is 5.69 Å². The highest BCUT2D eigenvalue weighted by Gasteiger charge is 2.28. The first-order valence-corrected chi connectivity index (χ1v) is 9.29. The number of nitrogens with zero attached hydrogens (tertiary/aromatic N) is 2. The number of fused-ring (bicyclic) bond motifs is 3. The van der Waals surface area contributed by atoms with Gasteiger partial charge in [-0.05, 0) is 22.3 Å². The number of amides is 1. The summed E-state index contributed by atoms with van der Waals surface area (Å²) in [5.41, 5.74) is 5.64. The van der Waals surface area contributed by atoms with Gasteiger partial charge in [0.05, 0.1) is 11.8 Å². The number of benzene rings is 2. The summed E-state index contributed by atoms with van der Waals surface area (Å²) in [6.45, 7) is 0.648. The van der Waals surface area contributed by atoms with Gasteiger partial charge in [-0.25, -0.2) is 4.79 Å². The Hall–Kier alpha value is -4.03. The van der Waals surface area contributed by atoms with Gasteiger partial charge < -0.3 is 10.1 Å². The molecule has 142 valence electrons. The van der Waals surface area contributed by atoms with Gasteiger partial charge in [-0.15, -0.1) is 0 Å². The van der Waals surface area contributed by atoms with Crippen molar-refractivity contribution in [2.45, 2.75) is 12.3 Å². The van der Waals surface area contributed by atoms with Crippen LogP contribution in [0, 0.1) is 23.2 Å². The van der Waals surface area contributed by atoms with E-state index in [1.807, 2.05) is 30.3 Å². The van der Waals surface area contributed by atoms with Gasteiger partial charge in [-0.3, -0.25) is 5.10 Å². The number of rotatable bonds is 4. The summed E-state index contributed by atoms with van der Waals surface area (Å²) in [6, 6.07) is 18.4. The fourth-order valence-corrected chi connectivity index (χ4v) is 3.50. The van der Waals surface area contributed by atoms with Gasteiger partial charge in [-0.2, -0.15) is 10.4 Å². The highest BCUT2D eigenvalue weighted by Crippen LogP contribution is 2.44. The smallest absolute Gasteiger partial charge is 0.407 e. The zero-order valence-corrected chi connectivity index (χ0v) is 15.6. The number of alkyl carbamates (subject to hydrolysis) is 1. The average molecular weight is 382 g/mol. The summed E-state index contributed by atoms with van der Waals surface area (Å²) in [7, 11) is 0. The second-order valence-electron chi connectivity index (χ2n) is 6.57. The molecule has 2 N–H and O–H groups in total. The van der Waals surface area contributed by atoms with Crippen molar-refractivity contribution in [2.24, 2.45) is 0 Å². The normalized spacial score (nSPS) is 11.6. The van der Waals surface area contributed by atoms with E-state index < -0.39 is 6.09 Å². The molecule has 0 radical (unpaired) electrons. The van der Waals surface area contributed by atoms with Crippen molar-refractivity contribution in [3.63, 3.8) is 0 Å². The number of aromatic nitrogens is 2. The molecule has 6 heteroatoms. The minimum atomic E-state index is -0.463. The van der Waals surface area contributed by atoms with E-state index >= 15 is 0 Å². The van der Waals surface area contributed by atoms with Crippen LogP contribution < -0.4 is 5.32 Å². The summed E-state index contributed by atoms with van der Waals surface area (Å²) < 4.78 is 5.47. The van der Waals surface area contributed by atoms with E-state index in [4.69, 9.17) is 10.00 Å². The summed E-state index contributed by atoms with van der Waals surface area (Å²) in [5.74, 6) is 5.81. The van der Waals surface area contributed by atoms with Gasteiger partial charge in [-0.1, -0.05) is 60.4 Å². The van der Waals surface area contributed by atoms with Crippen LogP contribution in [-0.2, 0) is 4.74 Å². The van der Waals surface area contributed by atoms with Crippen LogP contribution in [0.3, 0.4) is 0 Å². The predicted molar refractivity (Wildman–Crippen MR) is 108 cm³/mol. The molecule has 1 aliphatic rings. The van der Waals surface area contributed by atoms with Crippen molar-refractivity contribution >= 4 is 6.09 Å². The monoisotopic (exact) mass is 382 g/mol. The van der Waals surface area contributed by atoms with E-state index in [0.29, 0.717) is 24.2 Å². The van der Waals surface area contributed by atoms with Crippen molar-refractivity contribution in [2.75, 3.05) is 13.2 Å². The maximum absolute atomic E-state index is 12.1. The molecule has 0 saturated heterocycles. The fraction of sp³-hybridized carbons (Fsp3) is 0.174. The lowest BCUT2D eigenvalue weighted by atomic mass is 9.98. The number of H-pyrrole nitrogens is 1. The van der Waals surface area contributed by atoms with E-state index in [9.17, 15) is 4.79 Å². The molecule has 0 bridgehead atoms. The van der Waals surface area contributed by atoms with Crippen molar-refractivity contribution in [3.05, 3.63) is 77.1 Å².